The molecule has 168 valence electrons. The highest BCUT2D eigenvalue weighted by molar-refractivity contribution is 6.12. The molecule has 2 aromatic heterocycles. The number of ether oxygens (including phenoxy) is 2. The quantitative estimate of drug-likeness (QED) is 0.575. The molecule has 1 aliphatic heterocycles. The summed E-state index contributed by atoms with van der Waals surface area (Å²) in [6.45, 7) is 2.45. The van der Waals surface area contributed by atoms with Gasteiger partial charge in [-0.25, -0.2) is 4.98 Å². The summed E-state index contributed by atoms with van der Waals surface area (Å²) < 4.78 is 49.4. The Morgan fingerprint density at radius 3 is 2.50 bits per heavy atom. The molecule has 0 aliphatic carbocycles. The summed E-state index contributed by atoms with van der Waals surface area (Å²) in [5.74, 6) is 0.569. The van der Waals surface area contributed by atoms with E-state index in [9.17, 15) is 18.0 Å². The second-order valence-electron chi connectivity index (χ2n) is 7.56. The van der Waals surface area contributed by atoms with Gasteiger partial charge in [0.15, 0.2) is 5.75 Å². The molecule has 0 radical (unpaired) electrons. The summed E-state index contributed by atoms with van der Waals surface area (Å²) in [6.07, 6.45) is -0.225. The van der Waals surface area contributed by atoms with Crippen LogP contribution >= 0.6 is 0 Å². The monoisotopic (exact) mass is 446 g/mol. The number of alkyl halides is 3. The number of aryl methyl sites for hydroxylation is 1. The van der Waals surface area contributed by atoms with E-state index in [0.29, 0.717) is 22.9 Å². The lowest BCUT2D eigenvalue weighted by molar-refractivity contribution is -0.142. The predicted molar refractivity (Wildman–Crippen MR) is 111 cm³/mol. The van der Waals surface area contributed by atoms with Crippen LogP contribution < -0.4 is 14.4 Å². The first kappa shape index (κ1) is 21.7. The van der Waals surface area contributed by atoms with E-state index in [1.807, 2.05) is 26.0 Å². The van der Waals surface area contributed by atoms with Gasteiger partial charge < -0.3 is 9.47 Å². The van der Waals surface area contributed by atoms with E-state index < -0.39 is 12.7 Å². The SMILES string of the molecule is COc1cc(-c2cc(C)c3c(c2)C(C)N(c2cnn(CC(F)(F)F)c2)C3=O)cnc1OC. The van der Waals surface area contributed by atoms with Crippen molar-refractivity contribution < 1.29 is 27.4 Å². The van der Waals surface area contributed by atoms with Gasteiger partial charge in [-0.3, -0.25) is 14.4 Å². The van der Waals surface area contributed by atoms with E-state index in [1.165, 1.54) is 31.5 Å². The summed E-state index contributed by atoms with van der Waals surface area (Å²) in [6, 6.07) is 5.19. The summed E-state index contributed by atoms with van der Waals surface area (Å²) in [5.41, 5.74) is 4.02. The first-order valence-corrected chi connectivity index (χ1v) is 9.78. The van der Waals surface area contributed by atoms with Crippen LogP contribution in [0.3, 0.4) is 0 Å². The molecule has 0 fully saturated rings. The minimum atomic E-state index is -4.40. The molecule has 3 heterocycles. The van der Waals surface area contributed by atoms with Crippen LogP contribution in [-0.2, 0) is 6.54 Å². The Morgan fingerprint density at radius 2 is 1.84 bits per heavy atom. The van der Waals surface area contributed by atoms with Crippen LogP contribution in [0.5, 0.6) is 11.6 Å². The summed E-state index contributed by atoms with van der Waals surface area (Å²) in [7, 11) is 3.03. The number of hydrogen-bond donors (Lipinski definition) is 0. The third-order valence-electron chi connectivity index (χ3n) is 5.44. The average Bonchev–Trinajstić information content (AvgIpc) is 3.28. The van der Waals surface area contributed by atoms with Crippen LogP contribution in [0.15, 0.2) is 36.8 Å². The van der Waals surface area contributed by atoms with Gasteiger partial charge in [0.05, 0.1) is 32.1 Å². The standard InChI is InChI=1S/C22H21F3N4O3/c1-12-5-14(15-7-18(31-3)20(32-4)26-8-15)6-17-13(2)29(21(30)19(12)17)16-9-27-28(10-16)11-22(23,24)25/h5-10,13H,11H2,1-4H3. The van der Waals surface area contributed by atoms with E-state index in [1.54, 1.807) is 12.3 Å². The second kappa shape index (κ2) is 7.85. The number of amides is 1. The van der Waals surface area contributed by atoms with Gasteiger partial charge in [-0.15, -0.1) is 0 Å². The molecular formula is C22H21F3N4O3. The Kier molecular flexibility index (Phi) is 5.31. The summed E-state index contributed by atoms with van der Waals surface area (Å²) in [5, 5.41) is 3.77. The van der Waals surface area contributed by atoms with Gasteiger partial charge in [0.2, 0.25) is 0 Å². The maximum atomic E-state index is 13.2. The molecule has 4 rings (SSSR count). The van der Waals surface area contributed by atoms with Gasteiger partial charge in [0.1, 0.15) is 6.54 Å². The zero-order chi connectivity index (χ0) is 23.2. The third kappa shape index (κ3) is 3.76. The Balaban J connectivity index is 1.71. The number of aromatic nitrogens is 3. The molecule has 0 saturated heterocycles. The number of anilines is 1. The van der Waals surface area contributed by atoms with E-state index in [4.69, 9.17) is 9.47 Å². The molecule has 1 atom stereocenters. The molecule has 1 aromatic carbocycles. The van der Waals surface area contributed by atoms with Crippen molar-refractivity contribution in [1.29, 1.82) is 0 Å². The predicted octanol–water partition coefficient (Wildman–Crippen LogP) is 4.55. The molecule has 10 heteroatoms. The maximum Gasteiger partial charge on any atom is 0.408 e. The van der Waals surface area contributed by atoms with Crippen molar-refractivity contribution >= 4 is 11.6 Å². The highest BCUT2D eigenvalue weighted by atomic mass is 19.4. The third-order valence-corrected chi connectivity index (χ3v) is 5.44. The fourth-order valence-corrected chi connectivity index (χ4v) is 4.02. The van der Waals surface area contributed by atoms with Gasteiger partial charge >= 0.3 is 6.18 Å². The van der Waals surface area contributed by atoms with Crippen LogP contribution in [0.25, 0.3) is 11.1 Å². The van der Waals surface area contributed by atoms with Crippen molar-refractivity contribution in [3.63, 3.8) is 0 Å². The van der Waals surface area contributed by atoms with E-state index >= 15 is 0 Å². The zero-order valence-corrected chi connectivity index (χ0v) is 17.9. The maximum absolute atomic E-state index is 13.2. The van der Waals surface area contributed by atoms with E-state index in [-0.39, 0.29) is 11.9 Å². The lowest BCUT2D eigenvalue weighted by Crippen LogP contribution is -2.26. The minimum Gasteiger partial charge on any atom is -0.491 e. The van der Waals surface area contributed by atoms with E-state index in [0.717, 1.165) is 26.9 Å². The molecule has 0 bridgehead atoms. The van der Waals surface area contributed by atoms with Gasteiger partial charge in [0.25, 0.3) is 11.8 Å². The Morgan fingerprint density at radius 1 is 1.09 bits per heavy atom. The smallest absolute Gasteiger partial charge is 0.408 e. The second-order valence-corrected chi connectivity index (χ2v) is 7.56. The summed E-state index contributed by atoms with van der Waals surface area (Å²) in [4.78, 5) is 18.9. The van der Waals surface area contributed by atoms with E-state index in [2.05, 4.69) is 10.1 Å². The van der Waals surface area contributed by atoms with Crippen molar-refractivity contribution in [3.05, 3.63) is 53.5 Å². The number of halogens is 3. The van der Waals surface area contributed by atoms with Gasteiger partial charge in [0, 0.05) is 23.5 Å². The molecule has 1 amide bonds. The van der Waals surface area contributed by atoms with Crippen LogP contribution in [0.4, 0.5) is 18.9 Å². The first-order valence-electron chi connectivity index (χ1n) is 9.78. The number of carbonyl (C=O) groups is 1. The topological polar surface area (TPSA) is 69.5 Å². The summed E-state index contributed by atoms with van der Waals surface area (Å²) >= 11 is 0. The Hall–Kier alpha value is -3.56. The lowest BCUT2D eigenvalue weighted by atomic mass is 9.95. The number of pyridine rings is 1. The van der Waals surface area contributed by atoms with Crippen LogP contribution in [0.1, 0.15) is 34.5 Å². The first-order chi connectivity index (χ1) is 15.1. The number of hydrogen-bond acceptors (Lipinski definition) is 5. The molecular weight excluding hydrogens is 425 g/mol. The fraction of sp³-hybridized carbons (Fsp3) is 0.318. The van der Waals surface area contributed by atoms with Gasteiger partial charge in [-0.05, 0) is 42.7 Å². The number of fused-ring (bicyclic) bond motifs is 1. The molecule has 3 aromatic rings. The van der Waals surface area contributed by atoms with Gasteiger partial charge in [-0.2, -0.15) is 18.3 Å². The average molecular weight is 446 g/mol. The number of methoxy groups -OCH3 is 2. The molecule has 0 spiro atoms. The number of benzene rings is 1. The highest BCUT2D eigenvalue weighted by Gasteiger charge is 2.38. The van der Waals surface area contributed by atoms with Crippen molar-refractivity contribution in [3.8, 4) is 22.8 Å². The molecule has 0 saturated carbocycles. The number of rotatable bonds is 5. The van der Waals surface area contributed by atoms with Crippen molar-refractivity contribution in [2.45, 2.75) is 32.6 Å². The molecule has 1 unspecified atom stereocenters. The molecule has 32 heavy (non-hydrogen) atoms. The fourth-order valence-electron chi connectivity index (χ4n) is 4.02. The Bertz CT molecular complexity index is 1190. The molecule has 0 N–H and O–H groups in total. The van der Waals surface area contributed by atoms with Crippen LogP contribution in [-0.4, -0.2) is 41.1 Å². The largest absolute Gasteiger partial charge is 0.491 e. The zero-order valence-electron chi connectivity index (χ0n) is 17.9. The van der Waals surface area contributed by atoms with Gasteiger partial charge in [-0.1, -0.05) is 6.07 Å². The van der Waals surface area contributed by atoms with Crippen molar-refractivity contribution in [2.24, 2.45) is 0 Å². The molecule has 1 aliphatic rings. The Labute approximate surface area is 182 Å². The van der Waals surface area contributed by atoms with Crippen molar-refractivity contribution in [2.75, 3.05) is 19.1 Å². The van der Waals surface area contributed by atoms with Crippen LogP contribution in [0.2, 0.25) is 0 Å². The lowest BCUT2D eigenvalue weighted by Gasteiger charge is -2.20. The molecule has 7 nitrogen and oxygen atoms in total. The normalized spacial score (nSPS) is 15.8. The number of carbonyl (C=O) groups excluding carboxylic acids is 1. The number of nitrogens with zero attached hydrogens (tertiary/aromatic N) is 4. The van der Waals surface area contributed by atoms with Crippen molar-refractivity contribution in [1.82, 2.24) is 14.8 Å². The highest BCUT2D eigenvalue weighted by Crippen LogP contribution is 2.41. The minimum absolute atomic E-state index is 0.270. The van der Waals surface area contributed by atoms with Crippen LogP contribution in [0, 0.1) is 6.92 Å².